The fourth-order valence-electron chi connectivity index (χ4n) is 0.338. The van der Waals surface area contributed by atoms with Gasteiger partial charge in [-0.05, 0) is 6.92 Å². The molecule has 0 aliphatic carbocycles. The molecule has 1 atom stereocenters. The van der Waals surface area contributed by atoms with E-state index in [0.29, 0.717) is 0 Å². The Bertz CT molecular complexity index is 171. The van der Waals surface area contributed by atoms with Crippen molar-refractivity contribution >= 4 is 11.9 Å². The summed E-state index contributed by atoms with van der Waals surface area (Å²) in [6, 6.07) is -1.28. The Labute approximate surface area is 61.2 Å². The fraction of sp³-hybridized carbons (Fsp3) is 0.600. The standard InChI is InChI=1S/C5H7F2NO3/c1-2(5(10)11)8-4(9)3(6)7/h2-3H,1H3,(H,8,9)(H,10,11). The van der Waals surface area contributed by atoms with E-state index in [-0.39, 0.29) is 0 Å². The molecule has 1 amide bonds. The lowest BCUT2D eigenvalue weighted by atomic mass is 10.3. The maximum Gasteiger partial charge on any atom is 0.325 e. The molecule has 0 saturated carbocycles. The van der Waals surface area contributed by atoms with Gasteiger partial charge >= 0.3 is 12.4 Å². The Morgan fingerprint density at radius 1 is 1.45 bits per heavy atom. The predicted molar refractivity (Wildman–Crippen MR) is 31.2 cm³/mol. The molecule has 0 aliphatic rings. The second kappa shape index (κ2) is 3.85. The Morgan fingerprint density at radius 2 is 1.91 bits per heavy atom. The molecule has 0 radical (unpaired) electrons. The SMILES string of the molecule is CC(NC(=O)C(F)F)C(=O)O. The summed E-state index contributed by atoms with van der Waals surface area (Å²) in [7, 11) is 0. The van der Waals surface area contributed by atoms with E-state index in [1.807, 2.05) is 0 Å². The molecule has 4 nitrogen and oxygen atoms in total. The maximum absolute atomic E-state index is 11.4. The van der Waals surface area contributed by atoms with Gasteiger partial charge in [0.25, 0.3) is 5.91 Å². The average Bonchev–Trinajstić information content (AvgIpc) is 1.87. The minimum atomic E-state index is -3.17. The van der Waals surface area contributed by atoms with Crippen molar-refractivity contribution in [3.63, 3.8) is 0 Å². The van der Waals surface area contributed by atoms with E-state index in [9.17, 15) is 18.4 Å². The zero-order chi connectivity index (χ0) is 9.02. The fourth-order valence-corrected chi connectivity index (χ4v) is 0.338. The summed E-state index contributed by atoms with van der Waals surface area (Å²) in [6.07, 6.45) is -3.17. The van der Waals surface area contributed by atoms with Crippen LogP contribution in [0.1, 0.15) is 6.92 Å². The topological polar surface area (TPSA) is 66.4 Å². The van der Waals surface area contributed by atoms with Crippen molar-refractivity contribution in [3.05, 3.63) is 0 Å². The van der Waals surface area contributed by atoms with E-state index in [0.717, 1.165) is 6.92 Å². The monoisotopic (exact) mass is 167 g/mol. The van der Waals surface area contributed by atoms with Crippen LogP contribution in [0.25, 0.3) is 0 Å². The third kappa shape index (κ3) is 3.49. The number of hydrogen-bond acceptors (Lipinski definition) is 2. The number of nitrogens with one attached hydrogen (secondary N) is 1. The van der Waals surface area contributed by atoms with Crippen LogP contribution in [0.4, 0.5) is 8.78 Å². The lowest BCUT2D eigenvalue weighted by molar-refractivity contribution is -0.143. The number of alkyl halides is 2. The largest absolute Gasteiger partial charge is 0.480 e. The van der Waals surface area contributed by atoms with E-state index in [2.05, 4.69) is 0 Å². The summed E-state index contributed by atoms with van der Waals surface area (Å²) in [5, 5.41) is 9.74. The Kier molecular flexibility index (Phi) is 3.43. The first kappa shape index (κ1) is 9.80. The predicted octanol–water partition coefficient (Wildman–Crippen LogP) is -0.159. The molecule has 64 valence electrons. The van der Waals surface area contributed by atoms with Gasteiger partial charge in [-0.15, -0.1) is 0 Å². The highest BCUT2D eigenvalue weighted by Gasteiger charge is 2.20. The summed E-state index contributed by atoms with van der Waals surface area (Å²) in [5.41, 5.74) is 0. The summed E-state index contributed by atoms with van der Waals surface area (Å²) in [5.74, 6) is -2.92. The van der Waals surface area contributed by atoms with Gasteiger partial charge in [-0.2, -0.15) is 8.78 Å². The minimum absolute atomic E-state index is 1.10. The van der Waals surface area contributed by atoms with Gasteiger partial charge in [0.2, 0.25) is 0 Å². The van der Waals surface area contributed by atoms with Crippen LogP contribution in [-0.2, 0) is 9.59 Å². The molecule has 0 aromatic carbocycles. The second-order valence-electron chi connectivity index (χ2n) is 1.87. The van der Waals surface area contributed by atoms with Crippen LogP contribution >= 0.6 is 0 Å². The van der Waals surface area contributed by atoms with Gasteiger partial charge in [0.15, 0.2) is 0 Å². The van der Waals surface area contributed by atoms with Crippen molar-refractivity contribution in [2.24, 2.45) is 0 Å². The normalized spacial score (nSPS) is 12.7. The molecule has 0 saturated heterocycles. The molecule has 0 fully saturated rings. The first-order chi connectivity index (χ1) is 4.95. The van der Waals surface area contributed by atoms with E-state index < -0.39 is 24.3 Å². The number of carbonyl (C=O) groups excluding carboxylic acids is 1. The molecule has 1 unspecified atom stereocenters. The van der Waals surface area contributed by atoms with Crippen molar-refractivity contribution in [1.82, 2.24) is 5.32 Å². The van der Waals surface area contributed by atoms with Crippen LogP contribution in [0.15, 0.2) is 0 Å². The number of carboxylic acid groups (broad SMARTS) is 1. The maximum atomic E-state index is 11.4. The van der Waals surface area contributed by atoms with Crippen molar-refractivity contribution in [2.75, 3.05) is 0 Å². The van der Waals surface area contributed by atoms with E-state index in [1.54, 1.807) is 5.32 Å². The van der Waals surface area contributed by atoms with Crippen LogP contribution in [-0.4, -0.2) is 29.5 Å². The number of aliphatic carboxylic acids is 1. The lowest BCUT2D eigenvalue weighted by Crippen LogP contribution is -2.41. The molecular weight excluding hydrogens is 160 g/mol. The number of carboxylic acids is 1. The minimum Gasteiger partial charge on any atom is -0.480 e. The first-order valence-electron chi connectivity index (χ1n) is 2.76. The molecule has 11 heavy (non-hydrogen) atoms. The highest BCUT2D eigenvalue weighted by molar-refractivity contribution is 5.84. The van der Waals surface area contributed by atoms with Crippen molar-refractivity contribution in [1.29, 1.82) is 0 Å². The van der Waals surface area contributed by atoms with Gasteiger partial charge in [0.05, 0.1) is 0 Å². The molecule has 0 aromatic heterocycles. The van der Waals surface area contributed by atoms with Crippen LogP contribution in [0.3, 0.4) is 0 Å². The first-order valence-corrected chi connectivity index (χ1v) is 2.76. The third-order valence-electron chi connectivity index (χ3n) is 0.927. The summed E-state index contributed by atoms with van der Waals surface area (Å²) in [4.78, 5) is 20.1. The van der Waals surface area contributed by atoms with Crippen molar-refractivity contribution in [2.45, 2.75) is 19.4 Å². The molecule has 0 heterocycles. The molecule has 0 aromatic rings. The van der Waals surface area contributed by atoms with Gasteiger partial charge in [-0.25, -0.2) is 0 Å². The van der Waals surface area contributed by atoms with Crippen LogP contribution < -0.4 is 5.32 Å². The Hall–Kier alpha value is -1.20. The van der Waals surface area contributed by atoms with Gasteiger partial charge in [-0.3, -0.25) is 9.59 Å². The number of rotatable bonds is 3. The highest BCUT2D eigenvalue weighted by Crippen LogP contribution is 1.92. The number of amides is 1. The molecule has 0 spiro atoms. The molecule has 0 aliphatic heterocycles. The van der Waals surface area contributed by atoms with Gasteiger partial charge in [0, 0.05) is 0 Å². The smallest absolute Gasteiger partial charge is 0.325 e. The number of carbonyl (C=O) groups is 2. The quantitative estimate of drug-likeness (QED) is 0.613. The highest BCUT2D eigenvalue weighted by atomic mass is 19.3. The van der Waals surface area contributed by atoms with E-state index in [1.165, 1.54) is 0 Å². The number of hydrogen-bond donors (Lipinski definition) is 2. The van der Waals surface area contributed by atoms with Crippen molar-refractivity contribution < 1.29 is 23.5 Å². The zero-order valence-electron chi connectivity index (χ0n) is 5.67. The van der Waals surface area contributed by atoms with Crippen LogP contribution in [0.2, 0.25) is 0 Å². The molecule has 0 bridgehead atoms. The lowest BCUT2D eigenvalue weighted by Gasteiger charge is -2.07. The molecule has 0 rings (SSSR count). The molecular formula is C5H7F2NO3. The average molecular weight is 167 g/mol. The van der Waals surface area contributed by atoms with Crippen molar-refractivity contribution in [3.8, 4) is 0 Å². The van der Waals surface area contributed by atoms with Gasteiger partial charge < -0.3 is 10.4 Å². The van der Waals surface area contributed by atoms with E-state index in [4.69, 9.17) is 5.11 Å². The Balaban J connectivity index is 3.85. The Morgan fingerprint density at radius 3 is 2.18 bits per heavy atom. The summed E-state index contributed by atoms with van der Waals surface area (Å²) >= 11 is 0. The third-order valence-corrected chi connectivity index (χ3v) is 0.927. The number of halogens is 2. The summed E-state index contributed by atoms with van der Waals surface area (Å²) in [6.45, 7) is 1.10. The second-order valence-corrected chi connectivity index (χ2v) is 1.87. The van der Waals surface area contributed by atoms with E-state index >= 15 is 0 Å². The zero-order valence-corrected chi connectivity index (χ0v) is 5.67. The van der Waals surface area contributed by atoms with Gasteiger partial charge in [0.1, 0.15) is 6.04 Å². The van der Waals surface area contributed by atoms with Crippen LogP contribution in [0, 0.1) is 0 Å². The molecule has 2 N–H and O–H groups in total. The summed E-state index contributed by atoms with van der Waals surface area (Å²) < 4.78 is 22.9. The van der Waals surface area contributed by atoms with Gasteiger partial charge in [-0.1, -0.05) is 0 Å². The molecule has 6 heteroatoms. The van der Waals surface area contributed by atoms with Crippen LogP contribution in [0.5, 0.6) is 0 Å².